The van der Waals surface area contributed by atoms with E-state index in [2.05, 4.69) is 20.9 Å². The van der Waals surface area contributed by atoms with Crippen molar-refractivity contribution in [1.82, 2.24) is 9.38 Å². The van der Waals surface area contributed by atoms with E-state index in [9.17, 15) is 0 Å². The molecule has 3 aromatic rings. The molecule has 0 aliphatic rings. The van der Waals surface area contributed by atoms with Crippen LogP contribution < -0.4 is 4.74 Å². The number of pyridine rings is 1. The monoisotopic (exact) mass is 302 g/mol. The minimum atomic E-state index is 0.824. The van der Waals surface area contributed by atoms with E-state index >= 15 is 0 Å². The SMILES string of the molecule is COc1ccccc1-c1ncc2ccc(Br)cn12. The molecule has 2 heterocycles. The molecule has 0 radical (unpaired) electrons. The van der Waals surface area contributed by atoms with Gasteiger partial charge < -0.3 is 4.74 Å². The Kier molecular flexibility index (Phi) is 2.80. The van der Waals surface area contributed by atoms with Gasteiger partial charge in [-0.1, -0.05) is 12.1 Å². The summed E-state index contributed by atoms with van der Waals surface area (Å²) in [6.45, 7) is 0. The van der Waals surface area contributed by atoms with Crippen LogP contribution in [0.1, 0.15) is 0 Å². The van der Waals surface area contributed by atoms with Crippen LogP contribution in [0.4, 0.5) is 0 Å². The van der Waals surface area contributed by atoms with Crippen molar-refractivity contribution >= 4 is 21.4 Å². The van der Waals surface area contributed by atoms with Gasteiger partial charge in [0.05, 0.1) is 24.4 Å². The van der Waals surface area contributed by atoms with Gasteiger partial charge in [-0.3, -0.25) is 4.40 Å². The van der Waals surface area contributed by atoms with Crippen molar-refractivity contribution in [2.24, 2.45) is 0 Å². The number of methoxy groups -OCH3 is 1. The van der Waals surface area contributed by atoms with Crippen LogP contribution in [-0.4, -0.2) is 16.5 Å². The Morgan fingerprint density at radius 2 is 2.00 bits per heavy atom. The number of nitrogens with zero attached hydrogens (tertiary/aromatic N) is 2. The second kappa shape index (κ2) is 4.46. The summed E-state index contributed by atoms with van der Waals surface area (Å²) in [6.07, 6.45) is 3.86. The van der Waals surface area contributed by atoms with Crippen molar-refractivity contribution in [3.63, 3.8) is 0 Å². The number of hydrogen-bond donors (Lipinski definition) is 0. The van der Waals surface area contributed by atoms with Gasteiger partial charge in [0.25, 0.3) is 0 Å². The molecule has 0 unspecified atom stereocenters. The first-order valence-corrected chi connectivity index (χ1v) is 6.35. The normalized spacial score (nSPS) is 10.8. The molecule has 0 bridgehead atoms. The van der Waals surface area contributed by atoms with Gasteiger partial charge in [0.1, 0.15) is 11.6 Å². The lowest BCUT2D eigenvalue weighted by Gasteiger charge is -2.07. The maximum Gasteiger partial charge on any atom is 0.148 e. The second-order valence-corrected chi connectivity index (χ2v) is 4.84. The summed E-state index contributed by atoms with van der Waals surface area (Å²) in [5.74, 6) is 1.70. The number of hydrogen-bond acceptors (Lipinski definition) is 2. The van der Waals surface area contributed by atoms with E-state index in [1.165, 1.54) is 0 Å². The highest BCUT2D eigenvalue weighted by molar-refractivity contribution is 9.10. The van der Waals surface area contributed by atoms with E-state index in [-0.39, 0.29) is 0 Å². The van der Waals surface area contributed by atoms with E-state index in [1.54, 1.807) is 7.11 Å². The second-order valence-electron chi connectivity index (χ2n) is 3.92. The molecule has 0 fully saturated rings. The number of aromatic nitrogens is 2. The third kappa shape index (κ3) is 1.78. The predicted octanol–water partition coefficient (Wildman–Crippen LogP) is 3.77. The third-order valence-electron chi connectivity index (χ3n) is 2.84. The zero-order chi connectivity index (χ0) is 12.5. The highest BCUT2D eigenvalue weighted by atomic mass is 79.9. The average Bonchev–Trinajstić information content (AvgIpc) is 2.81. The lowest BCUT2D eigenvalue weighted by atomic mass is 10.2. The lowest BCUT2D eigenvalue weighted by Crippen LogP contribution is -1.93. The van der Waals surface area contributed by atoms with Crippen LogP contribution >= 0.6 is 15.9 Å². The molecule has 2 aromatic heterocycles. The molecule has 0 aliphatic carbocycles. The van der Waals surface area contributed by atoms with Gasteiger partial charge >= 0.3 is 0 Å². The third-order valence-corrected chi connectivity index (χ3v) is 3.31. The summed E-state index contributed by atoms with van der Waals surface area (Å²) in [7, 11) is 1.67. The number of rotatable bonds is 2. The first kappa shape index (κ1) is 11.3. The van der Waals surface area contributed by atoms with Crippen molar-refractivity contribution in [1.29, 1.82) is 0 Å². The Labute approximate surface area is 113 Å². The standard InChI is InChI=1S/C14H11BrN2O/c1-18-13-5-3-2-4-12(13)14-16-8-11-7-6-10(15)9-17(11)14/h2-9H,1H3. The summed E-state index contributed by atoms with van der Waals surface area (Å²) in [5.41, 5.74) is 2.04. The van der Waals surface area contributed by atoms with Gasteiger partial charge in [0.2, 0.25) is 0 Å². The summed E-state index contributed by atoms with van der Waals surface area (Å²) >= 11 is 3.48. The van der Waals surface area contributed by atoms with Crippen LogP contribution in [0.3, 0.4) is 0 Å². The average molecular weight is 303 g/mol. The molecule has 3 nitrogen and oxygen atoms in total. The van der Waals surface area contributed by atoms with Crippen molar-refractivity contribution < 1.29 is 4.74 Å². The topological polar surface area (TPSA) is 26.5 Å². The van der Waals surface area contributed by atoms with Gasteiger partial charge in [-0.15, -0.1) is 0 Å². The Balaban J connectivity index is 2.28. The van der Waals surface area contributed by atoms with E-state index < -0.39 is 0 Å². The molecule has 18 heavy (non-hydrogen) atoms. The molecular weight excluding hydrogens is 292 g/mol. The van der Waals surface area contributed by atoms with E-state index in [0.29, 0.717) is 0 Å². The van der Waals surface area contributed by atoms with Gasteiger partial charge in [-0.25, -0.2) is 4.98 Å². The van der Waals surface area contributed by atoms with E-state index in [4.69, 9.17) is 4.74 Å². The van der Waals surface area contributed by atoms with E-state index in [1.807, 2.05) is 53.2 Å². The molecule has 0 saturated carbocycles. The highest BCUT2D eigenvalue weighted by Crippen LogP contribution is 2.29. The first-order valence-electron chi connectivity index (χ1n) is 5.55. The molecule has 4 heteroatoms. The van der Waals surface area contributed by atoms with E-state index in [0.717, 1.165) is 27.1 Å². The molecule has 0 saturated heterocycles. The largest absolute Gasteiger partial charge is 0.496 e. The molecule has 90 valence electrons. The maximum atomic E-state index is 5.38. The van der Waals surface area contributed by atoms with Crippen LogP contribution in [0.5, 0.6) is 5.75 Å². The van der Waals surface area contributed by atoms with Crippen LogP contribution in [0.15, 0.2) is 53.3 Å². The summed E-state index contributed by atoms with van der Waals surface area (Å²) < 4.78 is 8.44. The van der Waals surface area contributed by atoms with Gasteiger partial charge in [-0.05, 0) is 40.2 Å². The molecule has 0 N–H and O–H groups in total. The lowest BCUT2D eigenvalue weighted by molar-refractivity contribution is 0.416. The minimum absolute atomic E-state index is 0.824. The van der Waals surface area contributed by atoms with Crippen LogP contribution in [0.25, 0.3) is 16.9 Å². The van der Waals surface area contributed by atoms with Gasteiger partial charge in [0.15, 0.2) is 0 Å². The molecule has 0 aliphatic heterocycles. The molecule has 0 amide bonds. The number of imidazole rings is 1. The molecular formula is C14H11BrN2O. The van der Waals surface area contributed by atoms with Crippen molar-refractivity contribution in [2.45, 2.75) is 0 Å². The number of para-hydroxylation sites is 1. The molecule has 0 spiro atoms. The quantitative estimate of drug-likeness (QED) is 0.720. The fraction of sp³-hybridized carbons (Fsp3) is 0.0714. The number of fused-ring (bicyclic) bond motifs is 1. The highest BCUT2D eigenvalue weighted by Gasteiger charge is 2.10. The fourth-order valence-corrected chi connectivity index (χ4v) is 2.33. The Morgan fingerprint density at radius 3 is 2.83 bits per heavy atom. The van der Waals surface area contributed by atoms with Crippen molar-refractivity contribution in [3.8, 4) is 17.1 Å². The van der Waals surface area contributed by atoms with Crippen LogP contribution in [0, 0.1) is 0 Å². The Hall–Kier alpha value is -1.81. The van der Waals surface area contributed by atoms with Gasteiger partial charge in [0, 0.05) is 10.7 Å². The summed E-state index contributed by atoms with van der Waals surface area (Å²) in [6, 6.07) is 11.9. The summed E-state index contributed by atoms with van der Waals surface area (Å²) in [4.78, 5) is 4.48. The number of benzene rings is 1. The fourth-order valence-electron chi connectivity index (χ4n) is 1.99. The number of ether oxygens (including phenoxy) is 1. The first-order chi connectivity index (χ1) is 8.79. The molecule has 3 rings (SSSR count). The van der Waals surface area contributed by atoms with Crippen molar-refractivity contribution in [2.75, 3.05) is 7.11 Å². The zero-order valence-electron chi connectivity index (χ0n) is 9.80. The summed E-state index contributed by atoms with van der Waals surface area (Å²) in [5, 5.41) is 0. The van der Waals surface area contributed by atoms with Gasteiger partial charge in [-0.2, -0.15) is 0 Å². The molecule has 1 aromatic carbocycles. The minimum Gasteiger partial charge on any atom is -0.496 e. The predicted molar refractivity (Wildman–Crippen MR) is 74.9 cm³/mol. The Bertz CT molecular complexity index is 706. The smallest absolute Gasteiger partial charge is 0.148 e. The Morgan fingerprint density at radius 1 is 1.17 bits per heavy atom. The van der Waals surface area contributed by atoms with Crippen molar-refractivity contribution in [3.05, 3.63) is 53.3 Å². The van der Waals surface area contributed by atoms with Crippen LogP contribution in [0.2, 0.25) is 0 Å². The molecule has 0 atom stereocenters. The van der Waals surface area contributed by atoms with Crippen LogP contribution in [-0.2, 0) is 0 Å². The zero-order valence-corrected chi connectivity index (χ0v) is 11.4. The maximum absolute atomic E-state index is 5.38. The number of halogens is 1.